The number of nitrogens with one attached hydrogen (secondary N) is 1. The van der Waals surface area contributed by atoms with Crippen molar-refractivity contribution in [2.75, 3.05) is 5.75 Å². The second kappa shape index (κ2) is 7.91. The standard InChI is InChI=1S/C16H26N2OS/c1-12(2)19-16-10-6-5-9-14(16)15(18-17)11-20-13-7-3-4-8-13/h5-6,9-10,12-13,15,18H,3-4,7-8,11,17H2,1-2H3. The van der Waals surface area contributed by atoms with Crippen LogP contribution in [-0.2, 0) is 0 Å². The van der Waals surface area contributed by atoms with Gasteiger partial charge in [0.25, 0.3) is 0 Å². The van der Waals surface area contributed by atoms with Crippen LogP contribution in [0, 0.1) is 0 Å². The minimum absolute atomic E-state index is 0.149. The first kappa shape index (κ1) is 15.7. The lowest BCUT2D eigenvalue weighted by molar-refractivity contribution is 0.238. The van der Waals surface area contributed by atoms with Gasteiger partial charge in [0.05, 0.1) is 12.1 Å². The monoisotopic (exact) mass is 294 g/mol. The molecule has 1 saturated carbocycles. The van der Waals surface area contributed by atoms with Gasteiger partial charge in [-0.25, -0.2) is 0 Å². The molecular weight excluding hydrogens is 268 g/mol. The summed E-state index contributed by atoms with van der Waals surface area (Å²) in [6, 6.07) is 8.35. The molecule has 1 unspecified atom stereocenters. The van der Waals surface area contributed by atoms with Crippen molar-refractivity contribution in [2.24, 2.45) is 5.84 Å². The molecule has 1 atom stereocenters. The molecule has 0 heterocycles. The number of hydrogen-bond donors (Lipinski definition) is 2. The van der Waals surface area contributed by atoms with Crippen molar-refractivity contribution < 1.29 is 4.74 Å². The number of thioether (sulfide) groups is 1. The van der Waals surface area contributed by atoms with Crippen LogP contribution >= 0.6 is 11.8 Å². The Kier molecular flexibility index (Phi) is 6.20. The van der Waals surface area contributed by atoms with Gasteiger partial charge in [-0.05, 0) is 32.8 Å². The molecule has 1 aliphatic carbocycles. The summed E-state index contributed by atoms with van der Waals surface area (Å²) >= 11 is 2.04. The topological polar surface area (TPSA) is 47.3 Å². The lowest BCUT2D eigenvalue weighted by Crippen LogP contribution is -2.30. The Hall–Kier alpha value is -0.710. The van der Waals surface area contributed by atoms with Crippen molar-refractivity contribution in [3.05, 3.63) is 29.8 Å². The van der Waals surface area contributed by atoms with E-state index in [9.17, 15) is 0 Å². The van der Waals surface area contributed by atoms with E-state index in [2.05, 4.69) is 25.3 Å². The van der Waals surface area contributed by atoms with E-state index in [1.807, 2.05) is 30.0 Å². The molecule has 2 rings (SSSR count). The fraction of sp³-hybridized carbons (Fsp3) is 0.625. The van der Waals surface area contributed by atoms with Crippen LogP contribution < -0.4 is 16.0 Å². The fourth-order valence-corrected chi connectivity index (χ4v) is 4.05. The summed E-state index contributed by atoms with van der Waals surface area (Å²) in [5.41, 5.74) is 4.12. The van der Waals surface area contributed by atoms with Crippen LogP contribution in [-0.4, -0.2) is 17.1 Å². The van der Waals surface area contributed by atoms with Gasteiger partial charge in [0.1, 0.15) is 5.75 Å². The first-order valence-corrected chi connectivity index (χ1v) is 8.59. The quantitative estimate of drug-likeness (QED) is 0.595. The molecule has 0 aromatic heterocycles. The van der Waals surface area contributed by atoms with E-state index in [0.29, 0.717) is 0 Å². The molecule has 1 aliphatic rings. The van der Waals surface area contributed by atoms with Crippen molar-refractivity contribution in [3.63, 3.8) is 0 Å². The zero-order chi connectivity index (χ0) is 14.4. The molecule has 0 saturated heterocycles. The summed E-state index contributed by atoms with van der Waals surface area (Å²) in [7, 11) is 0. The smallest absolute Gasteiger partial charge is 0.124 e. The van der Waals surface area contributed by atoms with Crippen LogP contribution in [0.5, 0.6) is 5.75 Å². The fourth-order valence-electron chi connectivity index (χ4n) is 2.64. The Morgan fingerprint density at radius 1 is 1.30 bits per heavy atom. The molecule has 20 heavy (non-hydrogen) atoms. The van der Waals surface area contributed by atoms with Crippen LogP contribution in [0.25, 0.3) is 0 Å². The molecule has 4 heteroatoms. The SMILES string of the molecule is CC(C)Oc1ccccc1C(CSC1CCCC1)NN. The number of nitrogens with two attached hydrogens (primary N) is 1. The van der Waals surface area contributed by atoms with Crippen LogP contribution in [0.2, 0.25) is 0 Å². The Morgan fingerprint density at radius 2 is 2.00 bits per heavy atom. The zero-order valence-corrected chi connectivity index (χ0v) is 13.3. The highest BCUT2D eigenvalue weighted by Crippen LogP contribution is 2.34. The summed E-state index contributed by atoms with van der Waals surface area (Å²) in [4.78, 5) is 0. The summed E-state index contributed by atoms with van der Waals surface area (Å²) in [5, 5.41) is 0.809. The Balaban J connectivity index is 2.01. The molecule has 3 N–H and O–H groups in total. The van der Waals surface area contributed by atoms with Crippen molar-refractivity contribution in [1.82, 2.24) is 5.43 Å². The average molecular weight is 294 g/mol. The normalized spacial score (nSPS) is 17.6. The summed E-state index contributed by atoms with van der Waals surface area (Å²) in [5.74, 6) is 7.71. The third kappa shape index (κ3) is 4.40. The highest BCUT2D eigenvalue weighted by atomic mass is 32.2. The number of hydrogen-bond acceptors (Lipinski definition) is 4. The molecule has 0 spiro atoms. The molecule has 0 amide bonds. The van der Waals surface area contributed by atoms with Gasteiger partial charge < -0.3 is 4.74 Å². The zero-order valence-electron chi connectivity index (χ0n) is 12.5. The van der Waals surface area contributed by atoms with Gasteiger partial charge in [0.15, 0.2) is 0 Å². The number of para-hydroxylation sites is 1. The van der Waals surface area contributed by atoms with E-state index in [-0.39, 0.29) is 12.1 Å². The second-order valence-electron chi connectivity index (χ2n) is 5.66. The van der Waals surface area contributed by atoms with E-state index in [1.54, 1.807) is 0 Å². The predicted octanol–water partition coefficient (Wildman–Crippen LogP) is 3.65. The van der Waals surface area contributed by atoms with Crippen LogP contribution in [0.1, 0.15) is 51.1 Å². The number of rotatable bonds is 7. The second-order valence-corrected chi connectivity index (χ2v) is 7.00. The Labute approximate surface area is 126 Å². The molecule has 0 aliphatic heterocycles. The number of ether oxygens (including phenoxy) is 1. The van der Waals surface area contributed by atoms with E-state index >= 15 is 0 Å². The lowest BCUT2D eigenvalue weighted by atomic mass is 10.1. The molecule has 0 bridgehead atoms. The van der Waals surface area contributed by atoms with Crippen molar-refractivity contribution in [3.8, 4) is 5.75 Å². The van der Waals surface area contributed by atoms with Gasteiger partial charge in [-0.15, -0.1) is 0 Å². The first-order chi connectivity index (χ1) is 9.70. The molecular formula is C16H26N2OS. The molecule has 1 fully saturated rings. The molecule has 1 aromatic carbocycles. The van der Waals surface area contributed by atoms with E-state index in [4.69, 9.17) is 10.6 Å². The van der Waals surface area contributed by atoms with Crippen LogP contribution in [0.15, 0.2) is 24.3 Å². The van der Waals surface area contributed by atoms with Crippen molar-refractivity contribution in [2.45, 2.75) is 56.9 Å². The number of benzene rings is 1. The highest BCUT2D eigenvalue weighted by molar-refractivity contribution is 7.99. The number of hydrazine groups is 1. The van der Waals surface area contributed by atoms with E-state index in [1.165, 1.54) is 25.7 Å². The maximum Gasteiger partial charge on any atom is 0.124 e. The Morgan fingerprint density at radius 3 is 2.65 bits per heavy atom. The average Bonchev–Trinajstić information content (AvgIpc) is 2.94. The van der Waals surface area contributed by atoms with Crippen molar-refractivity contribution >= 4 is 11.8 Å². The molecule has 1 aromatic rings. The van der Waals surface area contributed by atoms with Gasteiger partial charge in [0, 0.05) is 16.6 Å². The maximum atomic E-state index is 5.90. The van der Waals surface area contributed by atoms with Gasteiger partial charge >= 0.3 is 0 Å². The third-order valence-electron chi connectivity index (χ3n) is 3.66. The van der Waals surface area contributed by atoms with E-state index < -0.39 is 0 Å². The summed E-state index contributed by atoms with van der Waals surface area (Å²) < 4.78 is 5.90. The first-order valence-electron chi connectivity index (χ1n) is 7.54. The lowest BCUT2D eigenvalue weighted by Gasteiger charge is -2.22. The largest absolute Gasteiger partial charge is 0.491 e. The predicted molar refractivity (Wildman–Crippen MR) is 87.0 cm³/mol. The van der Waals surface area contributed by atoms with Crippen LogP contribution in [0.3, 0.4) is 0 Å². The molecule has 3 nitrogen and oxygen atoms in total. The third-order valence-corrected chi connectivity index (χ3v) is 5.13. The highest BCUT2D eigenvalue weighted by Gasteiger charge is 2.20. The minimum atomic E-state index is 0.149. The minimum Gasteiger partial charge on any atom is -0.491 e. The Bertz CT molecular complexity index is 405. The van der Waals surface area contributed by atoms with E-state index in [0.717, 1.165) is 22.3 Å². The summed E-state index contributed by atoms with van der Waals surface area (Å²) in [6.45, 7) is 4.10. The van der Waals surface area contributed by atoms with Crippen LogP contribution in [0.4, 0.5) is 0 Å². The summed E-state index contributed by atoms with van der Waals surface area (Å²) in [6.07, 6.45) is 5.65. The van der Waals surface area contributed by atoms with Gasteiger partial charge in [0.2, 0.25) is 0 Å². The van der Waals surface area contributed by atoms with Gasteiger partial charge in [-0.1, -0.05) is 31.0 Å². The molecule has 0 radical (unpaired) electrons. The maximum absolute atomic E-state index is 5.90. The van der Waals surface area contributed by atoms with Gasteiger partial charge in [-0.2, -0.15) is 11.8 Å². The molecule has 112 valence electrons. The van der Waals surface area contributed by atoms with Gasteiger partial charge in [-0.3, -0.25) is 11.3 Å². The van der Waals surface area contributed by atoms with Crippen molar-refractivity contribution in [1.29, 1.82) is 0 Å².